The first-order valence-corrected chi connectivity index (χ1v) is 10.7. The molecule has 0 saturated carbocycles. The molecule has 0 unspecified atom stereocenters. The Morgan fingerprint density at radius 2 is 1.47 bits per heavy atom. The Morgan fingerprint density at radius 3 is 2.30 bits per heavy atom. The number of carbonyl (C=O) groups is 2. The number of carbonyl (C=O) groups excluding carboxylic acids is 2. The Kier molecular flexibility index (Phi) is 4.85. The molecule has 1 aliphatic carbocycles. The zero-order chi connectivity index (χ0) is 20.5. The summed E-state index contributed by atoms with van der Waals surface area (Å²) in [6.07, 6.45) is 0. The quantitative estimate of drug-likeness (QED) is 0.268. The Bertz CT molecular complexity index is 1280. The molecule has 0 spiro atoms. The van der Waals surface area contributed by atoms with Crippen molar-refractivity contribution in [1.29, 1.82) is 0 Å². The maximum Gasteiger partial charge on any atom is 0.316 e. The molecule has 0 aliphatic heterocycles. The standard InChI is InChI=1S/C26H18O3S/c27-24(29-15-17-7-2-1-3-8-17)16-30-23-14-13-19-18-9-4-5-10-20(18)26(28)22-12-6-11-21(23)25(19)22/h1-14H,15-16H2. The van der Waals surface area contributed by atoms with Gasteiger partial charge in [0.15, 0.2) is 5.78 Å². The van der Waals surface area contributed by atoms with E-state index in [1.165, 1.54) is 11.8 Å². The van der Waals surface area contributed by atoms with Crippen LogP contribution in [0.4, 0.5) is 0 Å². The zero-order valence-electron chi connectivity index (χ0n) is 16.1. The van der Waals surface area contributed by atoms with Crippen molar-refractivity contribution < 1.29 is 14.3 Å². The Hall–Kier alpha value is -3.37. The minimum atomic E-state index is -0.259. The van der Waals surface area contributed by atoms with Gasteiger partial charge in [-0.15, -0.1) is 11.8 Å². The summed E-state index contributed by atoms with van der Waals surface area (Å²) in [7, 11) is 0. The molecule has 146 valence electrons. The van der Waals surface area contributed by atoms with Crippen molar-refractivity contribution in [2.75, 3.05) is 5.75 Å². The molecule has 0 saturated heterocycles. The Labute approximate surface area is 178 Å². The molecular formula is C26H18O3S. The Morgan fingerprint density at radius 1 is 0.733 bits per heavy atom. The van der Waals surface area contributed by atoms with Crippen LogP contribution >= 0.6 is 11.8 Å². The second-order valence-corrected chi connectivity index (χ2v) is 8.17. The lowest BCUT2D eigenvalue weighted by atomic mass is 9.83. The van der Waals surface area contributed by atoms with Gasteiger partial charge in [0.2, 0.25) is 0 Å². The smallest absolute Gasteiger partial charge is 0.316 e. The number of esters is 1. The third-order valence-electron chi connectivity index (χ3n) is 5.30. The van der Waals surface area contributed by atoms with Gasteiger partial charge in [-0.05, 0) is 28.1 Å². The molecule has 0 N–H and O–H groups in total. The zero-order valence-corrected chi connectivity index (χ0v) is 16.9. The molecule has 0 atom stereocenters. The molecule has 5 rings (SSSR count). The number of benzene rings is 4. The van der Waals surface area contributed by atoms with E-state index in [4.69, 9.17) is 4.74 Å². The normalized spacial score (nSPS) is 11.9. The number of hydrogen-bond acceptors (Lipinski definition) is 4. The van der Waals surface area contributed by atoms with Gasteiger partial charge < -0.3 is 4.74 Å². The van der Waals surface area contributed by atoms with Gasteiger partial charge in [-0.25, -0.2) is 0 Å². The highest BCUT2D eigenvalue weighted by atomic mass is 32.2. The fourth-order valence-corrected chi connectivity index (χ4v) is 4.74. The van der Waals surface area contributed by atoms with E-state index in [0.717, 1.165) is 43.5 Å². The fraction of sp³-hybridized carbons (Fsp3) is 0.0769. The number of hydrogen-bond donors (Lipinski definition) is 0. The van der Waals surface area contributed by atoms with E-state index in [9.17, 15) is 9.59 Å². The highest BCUT2D eigenvalue weighted by molar-refractivity contribution is 8.00. The average molecular weight is 410 g/mol. The predicted octanol–water partition coefficient (Wildman–Crippen LogP) is 5.89. The second kappa shape index (κ2) is 7.81. The molecule has 4 heteroatoms. The number of fused-ring (bicyclic) bond motifs is 2. The molecule has 30 heavy (non-hydrogen) atoms. The second-order valence-electron chi connectivity index (χ2n) is 7.15. The van der Waals surface area contributed by atoms with E-state index in [-0.39, 0.29) is 24.1 Å². The SMILES string of the molecule is O=C(CSc1ccc2c3c(cccc13)C(=O)c1ccccc1-2)OCc1ccccc1. The van der Waals surface area contributed by atoms with Gasteiger partial charge in [0.25, 0.3) is 0 Å². The average Bonchev–Trinajstić information content (AvgIpc) is 2.80. The molecule has 4 aromatic rings. The van der Waals surface area contributed by atoms with Crippen molar-refractivity contribution in [3.63, 3.8) is 0 Å². The lowest BCUT2D eigenvalue weighted by molar-refractivity contribution is -0.141. The number of rotatable bonds is 5. The minimum absolute atomic E-state index is 0.0492. The molecule has 0 aromatic heterocycles. The largest absolute Gasteiger partial charge is 0.460 e. The Balaban J connectivity index is 1.41. The third kappa shape index (κ3) is 3.29. The van der Waals surface area contributed by atoms with Gasteiger partial charge in [0.05, 0.1) is 5.75 Å². The first-order chi connectivity index (χ1) is 14.7. The first-order valence-electron chi connectivity index (χ1n) is 9.74. The summed E-state index contributed by atoms with van der Waals surface area (Å²) in [6.45, 7) is 0.273. The lowest BCUT2D eigenvalue weighted by Crippen LogP contribution is -2.10. The highest BCUT2D eigenvalue weighted by Gasteiger charge is 2.25. The summed E-state index contributed by atoms with van der Waals surface area (Å²) in [6, 6.07) is 27.3. The molecule has 4 aromatic carbocycles. The minimum Gasteiger partial charge on any atom is -0.460 e. The van der Waals surface area contributed by atoms with E-state index in [0.29, 0.717) is 0 Å². The third-order valence-corrected chi connectivity index (χ3v) is 6.34. The van der Waals surface area contributed by atoms with E-state index in [1.54, 1.807) is 0 Å². The van der Waals surface area contributed by atoms with Gasteiger partial charge in [-0.3, -0.25) is 9.59 Å². The summed E-state index contributed by atoms with van der Waals surface area (Å²) < 4.78 is 5.39. The van der Waals surface area contributed by atoms with Crippen molar-refractivity contribution >= 4 is 34.3 Å². The van der Waals surface area contributed by atoms with Crippen LogP contribution in [0.5, 0.6) is 0 Å². The number of ether oxygens (including phenoxy) is 1. The van der Waals surface area contributed by atoms with Crippen LogP contribution in [0, 0.1) is 0 Å². The van der Waals surface area contributed by atoms with E-state index < -0.39 is 0 Å². The summed E-state index contributed by atoms with van der Waals surface area (Å²) in [4.78, 5) is 26.2. The molecule has 0 bridgehead atoms. The number of ketones is 1. The monoisotopic (exact) mass is 410 g/mol. The molecule has 0 fully saturated rings. The molecule has 0 amide bonds. The van der Waals surface area contributed by atoms with Crippen molar-refractivity contribution in [1.82, 2.24) is 0 Å². The predicted molar refractivity (Wildman–Crippen MR) is 120 cm³/mol. The van der Waals surface area contributed by atoms with Crippen molar-refractivity contribution in [2.45, 2.75) is 11.5 Å². The van der Waals surface area contributed by atoms with Crippen LogP contribution < -0.4 is 0 Å². The van der Waals surface area contributed by atoms with Gasteiger partial charge in [0, 0.05) is 21.4 Å². The topological polar surface area (TPSA) is 43.4 Å². The van der Waals surface area contributed by atoms with E-state index >= 15 is 0 Å². The van der Waals surface area contributed by atoms with Crippen LogP contribution in [-0.2, 0) is 16.1 Å². The van der Waals surface area contributed by atoms with Crippen LogP contribution in [0.3, 0.4) is 0 Å². The number of thioether (sulfide) groups is 1. The van der Waals surface area contributed by atoms with Crippen LogP contribution in [0.15, 0.2) is 89.8 Å². The molecule has 3 nitrogen and oxygen atoms in total. The van der Waals surface area contributed by atoms with Crippen molar-refractivity contribution in [3.8, 4) is 11.1 Å². The highest BCUT2D eigenvalue weighted by Crippen LogP contribution is 2.42. The molecular weight excluding hydrogens is 392 g/mol. The summed E-state index contributed by atoms with van der Waals surface area (Å²) >= 11 is 1.44. The van der Waals surface area contributed by atoms with Crippen LogP contribution in [0.25, 0.3) is 21.9 Å². The maximum atomic E-state index is 13.0. The summed E-state index contributed by atoms with van der Waals surface area (Å²) in [5.41, 5.74) is 4.45. The molecule has 1 aliphatic rings. The van der Waals surface area contributed by atoms with Gasteiger partial charge in [0.1, 0.15) is 6.61 Å². The van der Waals surface area contributed by atoms with E-state index in [1.807, 2.05) is 78.9 Å². The van der Waals surface area contributed by atoms with Gasteiger partial charge >= 0.3 is 5.97 Å². The van der Waals surface area contributed by atoms with Gasteiger partial charge in [-0.1, -0.05) is 78.9 Å². The summed E-state index contributed by atoms with van der Waals surface area (Å²) in [5, 5.41) is 1.96. The van der Waals surface area contributed by atoms with Crippen LogP contribution in [-0.4, -0.2) is 17.5 Å². The molecule has 0 heterocycles. The van der Waals surface area contributed by atoms with E-state index in [2.05, 4.69) is 6.07 Å². The molecule has 0 radical (unpaired) electrons. The maximum absolute atomic E-state index is 13.0. The van der Waals surface area contributed by atoms with Crippen LogP contribution in [0.2, 0.25) is 0 Å². The summed E-state index contributed by atoms with van der Waals surface area (Å²) in [5.74, 6) is 0.00892. The van der Waals surface area contributed by atoms with Crippen molar-refractivity contribution in [3.05, 3.63) is 102 Å². The lowest BCUT2D eigenvalue weighted by Gasteiger charge is -2.21. The van der Waals surface area contributed by atoms with Gasteiger partial charge in [-0.2, -0.15) is 0 Å². The fourth-order valence-electron chi connectivity index (χ4n) is 3.90. The first kappa shape index (κ1) is 18.6. The van der Waals surface area contributed by atoms with Crippen molar-refractivity contribution in [2.24, 2.45) is 0 Å². The van der Waals surface area contributed by atoms with Crippen LogP contribution in [0.1, 0.15) is 21.5 Å².